The minimum absolute atomic E-state index is 0.199. The molecular weight excluding hydrogens is 351 g/mol. The average molecular weight is 365 g/mol. The second-order valence-electron chi connectivity index (χ2n) is 5.61. The van der Waals surface area contributed by atoms with Gasteiger partial charge in [0, 0.05) is 10.0 Å². The highest BCUT2D eigenvalue weighted by Crippen LogP contribution is 2.24. The zero-order valence-corrected chi connectivity index (χ0v) is 15.2. The van der Waals surface area contributed by atoms with Gasteiger partial charge in [0.05, 0.1) is 16.6 Å². The lowest BCUT2D eigenvalue weighted by Gasteiger charge is -2.13. The van der Waals surface area contributed by atoms with Gasteiger partial charge in [-0.25, -0.2) is 0 Å². The monoisotopic (exact) mass is 364 g/mol. The van der Waals surface area contributed by atoms with Crippen molar-refractivity contribution < 1.29 is 0 Å². The van der Waals surface area contributed by atoms with Crippen molar-refractivity contribution in [3.05, 3.63) is 66.1 Å². The molecule has 0 atom stereocenters. The van der Waals surface area contributed by atoms with Crippen molar-refractivity contribution in [1.82, 2.24) is 9.55 Å². The van der Waals surface area contributed by atoms with Gasteiger partial charge < -0.3 is 4.98 Å². The highest BCUT2D eigenvalue weighted by Gasteiger charge is 2.12. The molecule has 118 valence electrons. The lowest BCUT2D eigenvalue weighted by molar-refractivity contribution is 0.928. The van der Waals surface area contributed by atoms with Gasteiger partial charge in [-0.2, -0.15) is 0 Å². The van der Waals surface area contributed by atoms with Crippen molar-refractivity contribution in [2.75, 3.05) is 0 Å². The van der Waals surface area contributed by atoms with Gasteiger partial charge >= 0.3 is 0 Å². The largest absolute Gasteiger partial charge is 0.331 e. The average Bonchev–Trinajstić information content (AvgIpc) is 2.47. The Hall–Kier alpha value is -1.62. The number of rotatable bonds is 1. The van der Waals surface area contributed by atoms with E-state index in [1.807, 2.05) is 39.0 Å². The molecule has 0 amide bonds. The van der Waals surface area contributed by atoms with Crippen LogP contribution in [0.5, 0.6) is 0 Å². The molecule has 0 bridgehead atoms. The van der Waals surface area contributed by atoms with Crippen LogP contribution in [0.25, 0.3) is 16.6 Å². The first kappa shape index (κ1) is 16.2. The predicted octanol–water partition coefficient (Wildman–Crippen LogP) is 5.28. The summed E-state index contributed by atoms with van der Waals surface area (Å²) in [6, 6.07) is 7.21. The Morgan fingerprint density at radius 1 is 0.957 bits per heavy atom. The third-order valence-electron chi connectivity index (χ3n) is 3.90. The van der Waals surface area contributed by atoms with E-state index in [0.717, 1.165) is 22.4 Å². The van der Waals surface area contributed by atoms with Crippen molar-refractivity contribution >= 4 is 46.3 Å². The maximum atomic E-state index is 12.9. The van der Waals surface area contributed by atoms with E-state index in [2.05, 4.69) is 4.98 Å². The molecule has 3 aromatic rings. The summed E-state index contributed by atoms with van der Waals surface area (Å²) >= 11 is 17.7. The SMILES string of the molecule is Cc1cc(-n2c(=S)[nH]c3cc(C)c(Cl)cc3c2=O)c(C)cc1Cl. The minimum atomic E-state index is -0.199. The molecule has 0 spiro atoms. The molecule has 0 radical (unpaired) electrons. The molecule has 0 fully saturated rings. The maximum Gasteiger partial charge on any atom is 0.266 e. The molecule has 1 aromatic heterocycles. The smallest absolute Gasteiger partial charge is 0.266 e. The summed E-state index contributed by atoms with van der Waals surface area (Å²) in [5.74, 6) is 0. The summed E-state index contributed by atoms with van der Waals surface area (Å²) in [6.07, 6.45) is 0. The summed E-state index contributed by atoms with van der Waals surface area (Å²) < 4.78 is 1.83. The number of hydrogen-bond donors (Lipinski definition) is 1. The molecule has 3 rings (SSSR count). The number of hydrogen-bond acceptors (Lipinski definition) is 2. The molecule has 1 N–H and O–H groups in total. The van der Waals surface area contributed by atoms with Crippen molar-refractivity contribution in [2.45, 2.75) is 20.8 Å². The number of aromatic amines is 1. The van der Waals surface area contributed by atoms with Gasteiger partial charge in [0.15, 0.2) is 4.77 Å². The number of H-pyrrole nitrogens is 1. The first-order valence-corrected chi connectivity index (χ1v) is 8.18. The minimum Gasteiger partial charge on any atom is -0.331 e. The lowest BCUT2D eigenvalue weighted by atomic mass is 10.1. The number of nitrogens with one attached hydrogen (secondary N) is 1. The van der Waals surface area contributed by atoms with Crippen LogP contribution in [0.2, 0.25) is 10.0 Å². The summed E-state index contributed by atoms with van der Waals surface area (Å²) in [4.78, 5) is 16.1. The number of aromatic nitrogens is 2. The van der Waals surface area contributed by atoms with Crippen LogP contribution in [0, 0.1) is 25.5 Å². The summed E-state index contributed by atoms with van der Waals surface area (Å²) in [6.45, 7) is 5.68. The van der Waals surface area contributed by atoms with Crippen molar-refractivity contribution in [2.24, 2.45) is 0 Å². The second kappa shape index (κ2) is 5.78. The molecule has 0 saturated heterocycles. The normalized spacial score (nSPS) is 11.2. The first-order chi connectivity index (χ1) is 10.8. The summed E-state index contributed by atoms with van der Waals surface area (Å²) in [5.41, 5.74) is 3.85. The van der Waals surface area contributed by atoms with Gasteiger partial charge in [0.1, 0.15) is 0 Å². The molecule has 1 heterocycles. The van der Waals surface area contributed by atoms with Crippen LogP contribution < -0.4 is 5.56 Å². The summed E-state index contributed by atoms with van der Waals surface area (Å²) in [5, 5.41) is 1.71. The number of aryl methyl sites for hydroxylation is 3. The van der Waals surface area contributed by atoms with Crippen LogP contribution in [0.15, 0.2) is 29.1 Å². The molecular formula is C17H14Cl2N2OS. The molecule has 0 aliphatic heterocycles. The van der Waals surface area contributed by atoms with E-state index in [0.29, 0.717) is 25.7 Å². The van der Waals surface area contributed by atoms with E-state index in [1.54, 1.807) is 6.07 Å². The van der Waals surface area contributed by atoms with Gasteiger partial charge in [-0.3, -0.25) is 9.36 Å². The Bertz CT molecular complexity index is 1070. The highest BCUT2D eigenvalue weighted by molar-refractivity contribution is 7.71. The van der Waals surface area contributed by atoms with Crippen molar-refractivity contribution in [3.63, 3.8) is 0 Å². The molecule has 0 unspecified atom stereocenters. The third kappa shape index (κ3) is 2.71. The van der Waals surface area contributed by atoms with Gasteiger partial charge in [-0.05, 0) is 73.9 Å². The number of halogens is 2. The Kier molecular flexibility index (Phi) is 4.08. The standard InChI is InChI=1S/C17H14Cl2N2OS/c1-8-5-14-11(7-13(8)19)16(22)21(17(23)20-14)15-6-9(2)12(18)4-10(15)3/h4-7H,1-3H3,(H,20,23). The predicted molar refractivity (Wildman–Crippen MR) is 99.0 cm³/mol. The lowest BCUT2D eigenvalue weighted by Crippen LogP contribution is -2.21. The molecule has 6 heteroatoms. The highest BCUT2D eigenvalue weighted by atomic mass is 35.5. The van der Waals surface area contributed by atoms with Gasteiger partial charge in [0.25, 0.3) is 5.56 Å². The Labute approximate surface area is 148 Å². The van der Waals surface area contributed by atoms with E-state index < -0.39 is 0 Å². The van der Waals surface area contributed by atoms with E-state index in [9.17, 15) is 4.79 Å². The second-order valence-corrected chi connectivity index (χ2v) is 6.81. The fourth-order valence-electron chi connectivity index (χ4n) is 2.57. The number of benzene rings is 2. The van der Waals surface area contributed by atoms with Crippen LogP contribution in [-0.2, 0) is 0 Å². The Balaban J connectivity index is 2.44. The molecule has 2 aromatic carbocycles. The number of fused-ring (bicyclic) bond motifs is 1. The zero-order chi connectivity index (χ0) is 16.9. The van der Waals surface area contributed by atoms with Crippen LogP contribution in [0.4, 0.5) is 0 Å². The van der Waals surface area contributed by atoms with E-state index >= 15 is 0 Å². The van der Waals surface area contributed by atoms with Crippen LogP contribution in [0.1, 0.15) is 16.7 Å². The van der Waals surface area contributed by atoms with E-state index in [1.165, 1.54) is 4.57 Å². The van der Waals surface area contributed by atoms with Crippen molar-refractivity contribution in [1.29, 1.82) is 0 Å². The Morgan fingerprint density at radius 3 is 2.26 bits per heavy atom. The van der Waals surface area contributed by atoms with Crippen LogP contribution in [0.3, 0.4) is 0 Å². The van der Waals surface area contributed by atoms with E-state index in [-0.39, 0.29) is 5.56 Å². The molecule has 23 heavy (non-hydrogen) atoms. The van der Waals surface area contributed by atoms with Crippen LogP contribution in [-0.4, -0.2) is 9.55 Å². The van der Waals surface area contributed by atoms with Crippen molar-refractivity contribution in [3.8, 4) is 5.69 Å². The fraction of sp³-hybridized carbons (Fsp3) is 0.176. The molecule has 0 aliphatic carbocycles. The zero-order valence-electron chi connectivity index (χ0n) is 12.8. The summed E-state index contributed by atoms with van der Waals surface area (Å²) in [7, 11) is 0. The Morgan fingerprint density at radius 2 is 1.57 bits per heavy atom. The number of nitrogens with zero attached hydrogens (tertiary/aromatic N) is 1. The topological polar surface area (TPSA) is 37.8 Å². The molecule has 0 aliphatic rings. The van der Waals surface area contributed by atoms with Gasteiger partial charge in [-0.1, -0.05) is 23.2 Å². The fourth-order valence-corrected chi connectivity index (χ4v) is 3.24. The maximum absolute atomic E-state index is 12.9. The van der Waals surface area contributed by atoms with E-state index in [4.69, 9.17) is 35.4 Å². The van der Waals surface area contributed by atoms with Gasteiger partial charge in [-0.15, -0.1) is 0 Å². The van der Waals surface area contributed by atoms with Gasteiger partial charge in [0.2, 0.25) is 0 Å². The quantitative estimate of drug-likeness (QED) is 0.596. The molecule has 3 nitrogen and oxygen atoms in total. The third-order valence-corrected chi connectivity index (χ3v) is 4.99. The molecule has 0 saturated carbocycles. The first-order valence-electron chi connectivity index (χ1n) is 7.02. The van der Waals surface area contributed by atoms with Crippen LogP contribution >= 0.6 is 35.4 Å².